The predicted molar refractivity (Wildman–Crippen MR) is 57.1 cm³/mol. The molecule has 0 aliphatic carbocycles. The topological polar surface area (TPSA) is 81.4 Å². The first kappa shape index (κ1) is 13.9. The van der Waals surface area contributed by atoms with Crippen molar-refractivity contribution in [3.63, 3.8) is 0 Å². The molecule has 0 aromatic carbocycles. The van der Waals surface area contributed by atoms with E-state index in [1.54, 1.807) is 6.92 Å². The lowest BCUT2D eigenvalue weighted by molar-refractivity contribution is -0.147. The Bertz CT molecular complexity index is 207. The van der Waals surface area contributed by atoms with Crippen LogP contribution < -0.4 is 11.1 Å². The molecule has 0 aromatic heterocycles. The zero-order valence-corrected chi connectivity index (χ0v) is 9.41. The number of unbranched alkanes of at least 4 members (excludes halogenated alkanes) is 1. The Morgan fingerprint density at radius 3 is 2.53 bits per heavy atom. The molecule has 3 N–H and O–H groups in total. The summed E-state index contributed by atoms with van der Waals surface area (Å²) in [5.41, 5.74) is 5.35. The van der Waals surface area contributed by atoms with Gasteiger partial charge in [0.05, 0.1) is 6.61 Å². The van der Waals surface area contributed by atoms with E-state index in [0.717, 1.165) is 12.8 Å². The third-order valence-electron chi connectivity index (χ3n) is 1.90. The summed E-state index contributed by atoms with van der Waals surface area (Å²) in [6.45, 7) is 4.04. The van der Waals surface area contributed by atoms with E-state index in [0.29, 0.717) is 19.6 Å². The second-order valence-electron chi connectivity index (χ2n) is 3.29. The monoisotopic (exact) mass is 216 g/mol. The number of hydrogen-bond donors (Lipinski definition) is 2. The molecule has 0 saturated heterocycles. The van der Waals surface area contributed by atoms with E-state index >= 15 is 0 Å². The highest BCUT2D eigenvalue weighted by Gasteiger charge is 2.19. The van der Waals surface area contributed by atoms with Crippen LogP contribution in [0.25, 0.3) is 0 Å². The molecular weight excluding hydrogens is 196 g/mol. The molecule has 0 aliphatic rings. The van der Waals surface area contributed by atoms with E-state index in [-0.39, 0.29) is 11.9 Å². The van der Waals surface area contributed by atoms with Gasteiger partial charge in [-0.25, -0.2) is 4.79 Å². The molecule has 5 nitrogen and oxygen atoms in total. The number of amides is 1. The fourth-order valence-electron chi connectivity index (χ4n) is 1.23. The summed E-state index contributed by atoms with van der Waals surface area (Å²) in [5.74, 6) is -0.592. The average Bonchev–Trinajstić information content (AvgIpc) is 2.16. The van der Waals surface area contributed by atoms with Gasteiger partial charge in [0.1, 0.15) is 6.04 Å². The van der Waals surface area contributed by atoms with Gasteiger partial charge in [-0.05, 0) is 32.7 Å². The van der Waals surface area contributed by atoms with Gasteiger partial charge in [0.25, 0.3) is 0 Å². The summed E-state index contributed by atoms with van der Waals surface area (Å²) >= 11 is 0. The Kier molecular flexibility index (Phi) is 7.62. The van der Waals surface area contributed by atoms with E-state index in [1.807, 2.05) is 0 Å². The zero-order valence-electron chi connectivity index (χ0n) is 9.41. The van der Waals surface area contributed by atoms with Crippen LogP contribution in [0.3, 0.4) is 0 Å². The summed E-state index contributed by atoms with van der Waals surface area (Å²) in [6, 6.07) is -0.533. The molecule has 1 amide bonds. The molecule has 0 saturated carbocycles. The number of hydrogen-bond acceptors (Lipinski definition) is 4. The SMILES string of the molecule is CCOC(=O)[C@H](CCCCN)NC(C)=O. The maximum absolute atomic E-state index is 11.4. The second kappa shape index (κ2) is 8.23. The van der Waals surface area contributed by atoms with Gasteiger partial charge in [0.2, 0.25) is 5.91 Å². The molecule has 88 valence electrons. The van der Waals surface area contributed by atoms with Gasteiger partial charge in [-0.1, -0.05) is 0 Å². The van der Waals surface area contributed by atoms with Gasteiger partial charge in [0, 0.05) is 6.92 Å². The molecule has 0 spiro atoms. The normalized spacial score (nSPS) is 11.9. The van der Waals surface area contributed by atoms with Crippen molar-refractivity contribution in [1.82, 2.24) is 5.32 Å². The number of carbonyl (C=O) groups is 2. The maximum atomic E-state index is 11.4. The number of esters is 1. The van der Waals surface area contributed by atoms with Crippen LogP contribution >= 0.6 is 0 Å². The standard InChI is InChI=1S/C10H20N2O3/c1-3-15-10(14)9(12-8(2)13)6-4-5-7-11/h9H,3-7,11H2,1-2H3,(H,12,13)/t9-/m0/s1. The Morgan fingerprint density at radius 2 is 2.07 bits per heavy atom. The van der Waals surface area contributed by atoms with E-state index in [2.05, 4.69) is 5.32 Å². The van der Waals surface area contributed by atoms with Gasteiger partial charge in [-0.2, -0.15) is 0 Å². The third-order valence-corrected chi connectivity index (χ3v) is 1.90. The zero-order chi connectivity index (χ0) is 11.7. The fraction of sp³-hybridized carbons (Fsp3) is 0.800. The van der Waals surface area contributed by atoms with Crippen molar-refractivity contribution in [1.29, 1.82) is 0 Å². The van der Waals surface area contributed by atoms with Crippen LogP contribution in [0, 0.1) is 0 Å². The second-order valence-corrected chi connectivity index (χ2v) is 3.29. The number of nitrogens with one attached hydrogen (secondary N) is 1. The Hall–Kier alpha value is -1.10. The van der Waals surface area contributed by atoms with Crippen LogP contribution in [0.4, 0.5) is 0 Å². The van der Waals surface area contributed by atoms with Crippen LogP contribution in [-0.4, -0.2) is 31.1 Å². The minimum Gasteiger partial charge on any atom is -0.464 e. The quantitative estimate of drug-likeness (QED) is 0.470. The number of ether oxygens (including phenoxy) is 1. The van der Waals surface area contributed by atoms with Crippen LogP contribution in [0.1, 0.15) is 33.1 Å². The van der Waals surface area contributed by atoms with Crippen molar-refractivity contribution in [3.8, 4) is 0 Å². The minimum atomic E-state index is -0.533. The van der Waals surface area contributed by atoms with E-state index in [1.165, 1.54) is 6.92 Å². The fourth-order valence-corrected chi connectivity index (χ4v) is 1.23. The van der Waals surface area contributed by atoms with Gasteiger partial charge in [-0.15, -0.1) is 0 Å². The van der Waals surface area contributed by atoms with Crippen LogP contribution in [-0.2, 0) is 14.3 Å². The Morgan fingerprint density at radius 1 is 1.40 bits per heavy atom. The predicted octanol–water partition coefficient (Wildman–Crippen LogP) is 0.183. The first-order chi connectivity index (χ1) is 7.11. The first-order valence-corrected chi connectivity index (χ1v) is 5.25. The van der Waals surface area contributed by atoms with Crippen molar-refractivity contribution >= 4 is 11.9 Å². The van der Waals surface area contributed by atoms with Crippen molar-refractivity contribution in [3.05, 3.63) is 0 Å². The summed E-state index contributed by atoms with van der Waals surface area (Å²) in [4.78, 5) is 22.3. The van der Waals surface area contributed by atoms with E-state index < -0.39 is 6.04 Å². The highest BCUT2D eigenvalue weighted by atomic mass is 16.5. The molecule has 1 atom stereocenters. The molecule has 0 aliphatic heterocycles. The molecule has 0 rings (SSSR count). The summed E-state index contributed by atoms with van der Waals surface area (Å²) in [6.07, 6.45) is 2.23. The lowest BCUT2D eigenvalue weighted by Gasteiger charge is -2.15. The lowest BCUT2D eigenvalue weighted by atomic mass is 10.1. The summed E-state index contributed by atoms with van der Waals surface area (Å²) in [7, 11) is 0. The van der Waals surface area contributed by atoms with Gasteiger partial charge < -0.3 is 15.8 Å². The Labute approximate surface area is 90.4 Å². The number of rotatable bonds is 7. The van der Waals surface area contributed by atoms with Gasteiger partial charge >= 0.3 is 5.97 Å². The number of nitrogens with two attached hydrogens (primary N) is 1. The van der Waals surface area contributed by atoms with E-state index in [9.17, 15) is 9.59 Å². The highest BCUT2D eigenvalue weighted by molar-refractivity contribution is 5.83. The molecule has 15 heavy (non-hydrogen) atoms. The van der Waals surface area contributed by atoms with Crippen LogP contribution in [0.5, 0.6) is 0 Å². The largest absolute Gasteiger partial charge is 0.464 e. The van der Waals surface area contributed by atoms with Crippen LogP contribution in [0.15, 0.2) is 0 Å². The average molecular weight is 216 g/mol. The summed E-state index contributed by atoms with van der Waals surface area (Å²) < 4.78 is 4.85. The minimum absolute atomic E-state index is 0.221. The van der Waals surface area contributed by atoms with Crippen molar-refractivity contribution in [2.24, 2.45) is 5.73 Å². The first-order valence-electron chi connectivity index (χ1n) is 5.25. The molecule has 0 fully saturated rings. The van der Waals surface area contributed by atoms with Crippen molar-refractivity contribution in [2.45, 2.75) is 39.2 Å². The van der Waals surface area contributed by atoms with Crippen LogP contribution in [0.2, 0.25) is 0 Å². The van der Waals surface area contributed by atoms with Crippen molar-refractivity contribution in [2.75, 3.05) is 13.2 Å². The maximum Gasteiger partial charge on any atom is 0.328 e. The third kappa shape index (κ3) is 6.90. The number of carbonyl (C=O) groups excluding carboxylic acids is 2. The van der Waals surface area contributed by atoms with Gasteiger partial charge in [0.15, 0.2) is 0 Å². The van der Waals surface area contributed by atoms with E-state index in [4.69, 9.17) is 10.5 Å². The lowest BCUT2D eigenvalue weighted by Crippen LogP contribution is -2.40. The highest BCUT2D eigenvalue weighted by Crippen LogP contribution is 2.02. The molecule has 0 aromatic rings. The molecule has 0 bridgehead atoms. The molecule has 0 heterocycles. The molecule has 0 radical (unpaired) electrons. The smallest absolute Gasteiger partial charge is 0.328 e. The van der Waals surface area contributed by atoms with Crippen molar-refractivity contribution < 1.29 is 14.3 Å². The van der Waals surface area contributed by atoms with Gasteiger partial charge in [-0.3, -0.25) is 4.79 Å². The summed E-state index contributed by atoms with van der Waals surface area (Å²) in [5, 5.41) is 2.57. The molecule has 5 heteroatoms. The molecular formula is C10H20N2O3. The Balaban J connectivity index is 4.05. The molecule has 0 unspecified atom stereocenters.